The summed E-state index contributed by atoms with van der Waals surface area (Å²) in [5.41, 5.74) is 2.62. The molecule has 0 spiro atoms. The van der Waals surface area contributed by atoms with Gasteiger partial charge < -0.3 is 4.74 Å². The van der Waals surface area contributed by atoms with Gasteiger partial charge in [-0.2, -0.15) is 5.10 Å². The molecule has 1 aliphatic carbocycles. The smallest absolute Gasteiger partial charge is 0.0927 e. The number of hydrogen-bond acceptors (Lipinski definition) is 2. The summed E-state index contributed by atoms with van der Waals surface area (Å²) in [4.78, 5) is 0. The molecule has 1 fully saturated rings. The number of H-pyrrole nitrogens is 1. The summed E-state index contributed by atoms with van der Waals surface area (Å²) in [6.45, 7) is 6.67. The standard InChI is InChI=1S/C14H20N2O/c1-9-4-5-11-6-12(9)13(17-14(11,2)3)10-7-15-16-8-10/h4,7-8,11-13H,5-6H2,1-3H3,(H,15,16). The van der Waals surface area contributed by atoms with Gasteiger partial charge in [-0.05, 0) is 39.5 Å². The number of nitrogens with one attached hydrogen (secondary N) is 1. The second-order valence-electron chi connectivity index (χ2n) is 5.90. The molecular formula is C14H20N2O. The molecule has 0 saturated carbocycles. The SMILES string of the molecule is CC1=CCC2CC1C(c1cn[nH]c1)OC2(C)C. The minimum Gasteiger partial charge on any atom is -0.367 e. The Morgan fingerprint density at radius 2 is 2.29 bits per heavy atom. The maximum atomic E-state index is 6.35. The first-order chi connectivity index (χ1) is 8.08. The minimum atomic E-state index is -0.0321. The monoisotopic (exact) mass is 232 g/mol. The molecule has 0 aromatic carbocycles. The van der Waals surface area contributed by atoms with Gasteiger partial charge in [0.05, 0.1) is 17.9 Å². The summed E-state index contributed by atoms with van der Waals surface area (Å²) in [5, 5.41) is 6.95. The van der Waals surface area contributed by atoms with Gasteiger partial charge in [-0.3, -0.25) is 5.10 Å². The molecule has 3 heteroatoms. The van der Waals surface area contributed by atoms with Crippen molar-refractivity contribution in [3.05, 3.63) is 29.6 Å². The van der Waals surface area contributed by atoms with Crippen molar-refractivity contribution in [2.75, 3.05) is 0 Å². The zero-order valence-electron chi connectivity index (χ0n) is 10.7. The van der Waals surface area contributed by atoms with Crippen molar-refractivity contribution < 1.29 is 4.74 Å². The molecule has 1 aromatic heterocycles. The predicted octanol–water partition coefficient (Wildman–Crippen LogP) is 3.23. The van der Waals surface area contributed by atoms with Crippen molar-refractivity contribution in [1.29, 1.82) is 0 Å². The van der Waals surface area contributed by atoms with Gasteiger partial charge in [0.2, 0.25) is 0 Å². The van der Waals surface area contributed by atoms with E-state index in [0.717, 1.165) is 6.42 Å². The Balaban J connectivity index is 1.98. The van der Waals surface area contributed by atoms with Gasteiger partial charge in [0, 0.05) is 17.7 Å². The molecule has 0 amide bonds. The lowest BCUT2D eigenvalue weighted by Gasteiger charge is -2.49. The number of hydrogen-bond donors (Lipinski definition) is 1. The molecule has 0 radical (unpaired) electrons. The zero-order valence-corrected chi connectivity index (χ0v) is 10.7. The number of rotatable bonds is 1. The quantitative estimate of drug-likeness (QED) is 0.755. The normalized spacial score (nSPS) is 35.5. The van der Waals surface area contributed by atoms with Crippen molar-refractivity contribution in [2.45, 2.75) is 45.3 Å². The number of nitrogens with zero attached hydrogens (tertiary/aromatic N) is 1. The maximum Gasteiger partial charge on any atom is 0.0927 e. The van der Waals surface area contributed by atoms with Crippen molar-refractivity contribution in [3.63, 3.8) is 0 Å². The third kappa shape index (κ3) is 1.73. The van der Waals surface area contributed by atoms with Crippen LogP contribution in [0.4, 0.5) is 0 Å². The largest absolute Gasteiger partial charge is 0.367 e. The zero-order chi connectivity index (χ0) is 12.0. The summed E-state index contributed by atoms with van der Waals surface area (Å²) in [7, 11) is 0. The molecule has 92 valence electrons. The van der Waals surface area contributed by atoms with Gasteiger partial charge in [0.15, 0.2) is 0 Å². The molecule has 3 nitrogen and oxygen atoms in total. The first-order valence-corrected chi connectivity index (χ1v) is 6.41. The van der Waals surface area contributed by atoms with Crippen LogP contribution in [-0.4, -0.2) is 15.8 Å². The van der Waals surface area contributed by atoms with Crippen molar-refractivity contribution in [3.8, 4) is 0 Å². The van der Waals surface area contributed by atoms with Crippen LogP contribution >= 0.6 is 0 Å². The fraction of sp³-hybridized carbons (Fsp3) is 0.643. The van der Waals surface area contributed by atoms with E-state index in [1.165, 1.54) is 17.6 Å². The molecule has 3 atom stereocenters. The van der Waals surface area contributed by atoms with Gasteiger partial charge >= 0.3 is 0 Å². The van der Waals surface area contributed by atoms with Crippen LogP contribution in [0.3, 0.4) is 0 Å². The molecule has 3 unspecified atom stereocenters. The molecule has 2 heterocycles. The summed E-state index contributed by atoms with van der Waals surface area (Å²) in [6, 6.07) is 0. The van der Waals surface area contributed by atoms with Crippen LogP contribution in [0.5, 0.6) is 0 Å². The maximum absolute atomic E-state index is 6.35. The first-order valence-electron chi connectivity index (χ1n) is 6.41. The van der Waals surface area contributed by atoms with Gasteiger partial charge in [0.1, 0.15) is 0 Å². The molecule has 2 aliphatic rings. The van der Waals surface area contributed by atoms with Gasteiger partial charge in [-0.25, -0.2) is 0 Å². The Labute approximate surface area is 102 Å². The number of aromatic amines is 1. The summed E-state index contributed by atoms with van der Waals surface area (Å²) in [6.07, 6.45) is 8.82. The molecule has 1 N–H and O–H groups in total. The Kier molecular flexibility index (Phi) is 2.40. The predicted molar refractivity (Wildman–Crippen MR) is 66.5 cm³/mol. The highest BCUT2D eigenvalue weighted by Gasteiger charge is 2.45. The topological polar surface area (TPSA) is 37.9 Å². The number of ether oxygens (including phenoxy) is 1. The highest BCUT2D eigenvalue weighted by atomic mass is 16.5. The van der Waals surface area contributed by atoms with E-state index in [0.29, 0.717) is 11.8 Å². The van der Waals surface area contributed by atoms with Crippen molar-refractivity contribution in [1.82, 2.24) is 10.2 Å². The van der Waals surface area contributed by atoms with Crippen LogP contribution in [-0.2, 0) is 4.74 Å². The van der Waals surface area contributed by atoms with E-state index in [4.69, 9.17) is 4.74 Å². The Bertz CT molecular complexity index is 433. The van der Waals surface area contributed by atoms with Gasteiger partial charge in [-0.1, -0.05) is 11.6 Å². The van der Waals surface area contributed by atoms with E-state index in [2.05, 4.69) is 37.0 Å². The van der Waals surface area contributed by atoms with Crippen molar-refractivity contribution >= 4 is 0 Å². The van der Waals surface area contributed by atoms with E-state index < -0.39 is 0 Å². The number of aromatic nitrogens is 2. The van der Waals surface area contributed by atoms with Crippen LogP contribution in [0.25, 0.3) is 0 Å². The Morgan fingerprint density at radius 3 is 3.00 bits per heavy atom. The van der Waals surface area contributed by atoms with E-state index >= 15 is 0 Å². The molecular weight excluding hydrogens is 212 g/mol. The summed E-state index contributed by atoms with van der Waals surface area (Å²) < 4.78 is 6.35. The van der Waals surface area contributed by atoms with E-state index in [9.17, 15) is 0 Å². The Morgan fingerprint density at radius 1 is 1.47 bits per heavy atom. The highest BCUT2D eigenvalue weighted by molar-refractivity contribution is 5.21. The molecule has 1 aliphatic heterocycles. The second kappa shape index (κ2) is 3.70. The third-order valence-electron chi connectivity index (χ3n) is 4.47. The fourth-order valence-corrected chi connectivity index (χ4v) is 3.22. The van der Waals surface area contributed by atoms with E-state index in [1.54, 1.807) is 0 Å². The minimum absolute atomic E-state index is 0.0321. The first kappa shape index (κ1) is 11.0. The number of fused-ring (bicyclic) bond motifs is 2. The molecule has 2 bridgehead atoms. The van der Waals surface area contributed by atoms with Crippen molar-refractivity contribution in [2.24, 2.45) is 11.8 Å². The lowest BCUT2D eigenvalue weighted by molar-refractivity contribution is -0.166. The van der Waals surface area contributed by atoms with Gasteiger partial charge in [-0.15, -0.1) is 0 Å². The van der Waals surface area contributed by atoms with Crippen LogP contribution in [0.1, 0.15) is 45.3 Å². The lowest BCUT2D eigenvalue weighted by atomic mass is 9.69. The number of allylic oxidation sites excluding steroid dienone is 1. The van der Waals surface area contributed by atoms with Crippen LogP contribution in [0.15, 0.2) is 24.0 Å². The fourth-order valence-electron chi connectivity index (χ4n) is 3.22. The average molecular weight is 232 g/mol. The average Bonchev–Trinajstić information content (AvgIpc) is 2.79. The second-order valence-corrected chi connectivity index (χ2v) is 5.90. The summed E-state index contributed by atoms with van der Waals surface area (Å²) >= 11 is 0. The van der Waals surface area contributed by atoms with E-state index in [1.807, 2.05) is 12.4 Å². The Hall–Kier alpha value is -1.09. The van der Waals surface area contributed by atoms with Crippen LogP contribution in [0, 0.1) is 11.8 Å². The lowest BCUT2D eigenvalue weighted by Crippen LogP contribution is -2.45. The van der Waals surface area contributed by atoms with Crippen LogP contribution < -0.4 is 0 Å². The molecule has 1 aromatic rings. The molecule has 1 saturated heterocycles. The highest BCUT2D eigenvalue weighted by Crippen LogP contribution is 2.50. The van der Waals surface area contributed by atoms with Gasteiger partial charge in [0.25, 0.3) is 0 Å². The van der Waals surface area contributed by atoms with E-state index in [-0.39, 0.29) is 11.7 Å². The molecule has 17 heavy (non-hydrogen) atoms. The summed E-state index contributed by atoms with van der Waals surface area (Å²) in [5.74, 6) is 1.18. The molecule has 3 rings (SSSR count). The van der Waals surface area contributed by atoms with Crippen LogP contribution in [0.2, 0.25) is 0 Å². The third-order valence-corrected chi connectivity index (χ3v) is 4.47.